The molecule has 0 unspecified atom stereocenters. The van der Waals surface area contributed by atoms with Gasteiger partial charge in [-0.25, -0.2) is 18.7 Å². The van der Waals surface area contributed by atoms with Crippen LogP contribution in [0.15, 0.2) is 45.6 Å². The van der Waals surface area contributed by atoms with Gasteiger partial charge in [0.05, 0.1) is 5.69 Å². The maximum Gasteiger partial charge on any atom is 0.414 e. The first-order chi connectivity index (χ1) is 17.7. The van der Waals surface area contributed by atoms with Crippen molar-refractivity contribution in [1.29, 1.82) is 0 Å². The molecule has 0 aliphatic rings. The Morgan fingerprint density at radius 1 is 1.13 bits per heavy atom. The number of carbonyl (C=O) groups excluding carboxylic acids is 1. The zero-order valence-corrected chi connectivity index (χ0v) is 23.1. The first kappa shape index (κ1) is 29.1. The number of hydrogen-bond acceptors (Lipinski definition) is 7. The molecule has 1 amide bonds. The molecule has 0 spiro atoms. The number of amides is 1. The third-order valence-corrected chi connectivity index (χ3v) is 6.60. The Kier molecular flexibility index (Phi) is 8.80. The minimum atomic E-state index is -3.94. The average molecular weight is 549 g/mol. The Bertz CT molecular complexity index is 1500. The van der Waals surface area contributed by atoms with E-state index in [1.807, 2.05) is 0 Å². The number of anilines is 1. The molecule has 1 aromatic heterocycles. The summed E-state index contributed by atoms with van der Waals surface area (Å²) in [4.78, 5) is 26.4. The highest BCUT2D eigenvalue weighted by Crippen LogP contribution is 2.28. The van der Waals surface area contributed by atoms with Gasteiger partial charge in [0.1, 0.15) is 11.3 Å². The van der Waals surface area contributed by atoms with Crippen LogP contribution < -0.4 is 25.1 Å². The fourth-order valence-corrected chi connectivity index (χ4v) is 4.21. The Balaban J connectivity index is 2.08. The molecule has 206 valence electrons. The predicted molar refractivity (Wildman–Crippen MR) is 144 cm³/mol. The van der Waals surface area contributed by atoms with Gasteiger partial charge >= 0.3 is 11.7 Å². The lowest BCUT2D eigenvalue weighted by Gasteiger charge is -2.20. The van der Waals surface area contributed by atoms with Crippen LogP contribution in [0.4, 0.5) is 14.9 Å². The largest absolute Gasteiger partial charge is 0.422 e. The van der Waals surface area contributed by atoms with Crippen molar-refractivity contribution in [2.24, 2.45) is 5.41 Å². The van der Waals surface area contributed by atoms with Gasteiger partial charge in [0.15, 0.2) is 5.82 Å². The van der Waals surface area contributed by atoms with Crippen molar-refractivity contribution in [3.8, 4) is 5.75 Å². The quantitative estimate of drug-likeness (QED) is 0.349. The molecule has 0 atom stereocenters. The standard InChI is InChI=1S/C26H33FN4O6S/c1-26(2,3)15-29-14-20-18-11-10-17(36-25(33)31(5)6)13-22(18)37-24(32)19(20)12-16-8-7-9-21(23(16)27)30-38(34,35)28-4/h7-11,13,28-30H,12,14-15H2,1-6H3. The molecule has 3 rings (SSSR count). The summed E-state index contributed by atoms with van der Waals surface area (Å²) in [5.41, 5.74) is 0.195. The molecule has 3 aromatic rings. The lowest BCUT2D eigenvalue weighted by atomic mass is 9.95. The van der Waals surface area contributed by atoms with Crippen LogP contribution in [-0.4, -0.2) is 47.1 Å². The summed E-state index contributed by atoms with van der Waals surface area (Å²) >= 11 is 0. The zero-order chi connectivity index (χ0) is 28.3. The van der Waals surface area contributed by atoms with E-state index in [-0.39, 0.29) is 40.0 Å². The van der Waals surface area contributed by atoms with E-state index in [0.717, 1.165) is 0 Å². The summed E-state index contributed by atoms with van der Waals surface area (Å²) in [7, 11) is 0.356. The van der Waals surface area contributed by atoms with Crippen LogP contribution in [0.25, 0.3) is 11.0 Å². The lowest BCUT2D eigenvalue weighted by Crippen LogP contribution is -2.28. The van der Waals surface area contributed by atoms with Crippen LogP contribution in [-0.2, 0) is 23.2 Å². The number of halogens is 1. The van der Waals surface area contributed by atoms with Crippen molar-refractivity contribution in [3.63, 3.8) is 0 Å². The Labute approximate surface area is 221 Å². The van der Waals surface area contributed by atoms with Gasteiger partial charge in [0.2, 0.25) is 0 Å². The van der Waals surface area contributed by atoms with Gasteiger partial charge in [-0.2, -0.15) is 8.42 Å². The van der Waals surface area contributed by atoms with Crippen molar-refractivity contribution in [1.82, 2.24) is 14.9 Å². The van der Waals surface area contributed by atoms with Crippen molar-refractivity contribution >= 4 is 33.0 Å². The lowest BCUT2D eigenvalue weighted by molar-refractivity contribution is 0.172. The van der Waals surface area contributed by atoms with Gasteiger partial charge in [-0.3, -0.25) is 4.72 Å². The van der Waals surface area contributed by atoms with E-state index < -0.39 is 27.7 Å². The number of nitrogens with zero attached hydrogens (tertiary/aromatic N) is 1. The van der Waals surface area contributed by atoms with E-state index in [9.17, 15) is 18.0 Å². The van der Waals surface area contributed by atoms with E-state index >= 15 is 4.39 Å². The van der Waals surface area contributed by atoms with Gasteiger partial charge in [0, 0.05) is 57.7 Å². The van der Waals surface area contributed by atoms with Crippen LogP contribution in [0.1, 0.15) is 37.5 Å². The highest BCUT2D eigenvalue weighted by Gasteiger charge is 2.21. The maximum atomic E-state index is 15.3. The molecule has 12 heteroatoms. The Morgan fingerprint density at radius 3 is 2.47 bits per heavy atom. The summed E-state index contributed by atoms with van der Waals surface area (Å²) in [5.74, 6) is -0.596. The number of nitrogens with one attached hydrogen (secondary N) is 3. The van der Waals surface area contributed by atoms with Gasteiger partial charge in [-0.05, 0) is 34.7 Å². The van der Waals surface area contributed by atoms with Crippen molar-refractivity contribution in [2.45, 2.75) is 33.7 Å². The molecule has 2 aromatic carbocycles. The van der Waals surface area contributed by atoms with E-state index in [0.29, 0.717) is 24.0 Å². The van der Waals surface area contributed by atoms with Crippen molar-refractivity contribution in [2.75, 3.05) is 32.4 Å². The third kappa shape index (κ3) is 7.30. The van der Waals surface area contributed by atoms with Crippen LogP contribution in [0.5, 0.6) is 5.75 Å². The molecule has 0 aliphatic heterocycles. The first-order valence-electron chi connectivity index (χ1n) is 11.9. The van der Waals surface area contributed by atoms with E-state index in [1.165, 1.54) is 36.2 Å². The number of hydrogen-bond donors (Lipinski definition) is 3. The van der Waals surface area contributed by atoms with Crippen LogP contribution in [0.2, 0.25) is 0 Å². The summed E-state index contributed by atoms with van der Waals surface area (Å²) in [5, 5.41) is 3.94. The molecule has 3 N–H and O–H groups in total. The number of rotatable bonds is 9. The predicted octanol–water partition coefficient (Wildman–Crippen LogP) is 3.60. The molecule has 0 aliphatic carbocycles. The Morgan fingerprint density at radius 2 is 1.84 bits per heavy atom. The van der Waals surface area contributed by atoms with Gasteiger partial charge in [0.25, 0.3) is 10.2 Å². The van der Waals surface area contributed by atoms with Gasteiger partial charge in [-0.15, -0.1) is 0 Å². The smallest absolute Gasteiger partial charge is 0.414 e. The maximum absolute atomic E-state index is 15.3. The van der Waals surface area contributed by atoms with E-state index in [2.05, 4.69) is 35.5 Å². The number of carbonyl (C=O) groups is 1. The molecular weight excluding hydrogens is 515 g/mol. The summed E-state index contributed by atoms with van der Waals surface area (Å²) in [6, 6.07) is 9.00. The fraction of sp³-hybridized carbons (Fsp3) is 0.385. The number of benzene rings is 2. The van der Waals surface area contributed by atoms with E-state index in [4.69, 9.17) is 9.15 Å². The highest BCUT2D eigenvalue weighted by molar-refractivity contribution is 7.90. The zero-order valence-electron chi connectivity index (χ0n) is 22.3. The minimum Gasteiger partial charge on any atom is -0.422 e. The normalized spacial score (nSPS) is 12.0. The fourth-order valence-electron chi connectivity index (χ4n) is 3.66. The minimum absolute atomic E-state index is 0.0338. The second-order valence-corrected chi connectivity index (χ2v) is 11.8. The van der Waals surface area contributed by atoms with Crippen LogP contribution in [0, 0.1) is 11.2 Å². The van der Waals surface area contributed by atoms with Crippen LogP contribution >= 0.6 is 0 Å². The topological polar surface area (TPSA) is 130 Å². The highest BCUT2D eigenvalue weighted by atomic mass is 32.2. The molecule has 0 bridgehead atoms. The molecule has 0 radical (unpaired) electrons. The second kappa shape index (κ2) is 11.5. The first-order valence-corrected chi connectivity index (χ1v) is 13.4. The van der Waals surface area contributed by atoms with Crippen molar-refractivity contribution < 1.29 is 26.8 Å². The molecular formula is C26H33FN4O6S. The Hall–Kier alpha value is -3.48. The summed E-state index contributed by atoms with van der Waals surface area (Å²) in [6.45, 7) is 7.13. The van der Waals surface area contributed by atoms with Crippen LogP contribution in [0.3, 0.4) is 0 Å². The van der Waals surface area contributed by atoms with Gasteiger partial charge in [-0.1, -0.05) is 32.9 Å². The molecule has 0 fully saturated rings. The van der Waals surface area contributed by atoms with E-state index in [1.54, 1.807) is 26.2 Å². The monoisotopic (exact) mass is 548 g/mol. The molecule has 0 saturated carbocycles. The van der Waals surface area contributed by atoms with Crippen molar-refractivity contribution in [3.05, 3.63) is 69.3 Å². The second-order valence-electron chi connectivity index (χ2n) is 10.2. The average Bonchev–Trinajstić information content (AvgIpc) is 2.82. The molecule has 38 heavy (non-hydrogen) atoms. The van der Waals surface area contributed by atoms with Gasteiger partial charge < -0.3 is 19.4 Å². The molecule has 1 heterocycles. The SMILES string of the molecule is CNS(=O)(=O)Nc1cccc(Cc2c(CNCC(C)(C)C)c3ccc(OC(=O)N(C)C)cc3oc2=O)c1F. The molecule has 0 saturated heterocycles. The summed E-state index contributed by atoms with van der Waals surface area (Å²) in [6.07, 6.45) is -0.719. The summed E-state index contributed by atoms with van der Waals surface area (Å²) < 4.78 is 54.1. The molecule has 10 nitrogen and oxygen atoms in total. The number of ether oxygens (including phenoxy) is 1. The third-order valence-electron chi connectivity index (χ3n) is 5.58. The number of fused-ring (bicyclic) bond motifs is 1.